The molecule has 0 radical (unpaired) electrons. The van der Waals surface area contributed by atoms with Crippen molar-refractivity contribution in [3.05, 3.63) is 65.0 Å². The molecular weight excluding hydrogens is 314 g/mol. The molecule has 3 aromatic rings. The van der Waals surface area contributed by atoms with Crippen LogP contribution in [0.15, 0.2) is 47.0 Å². The minimum absolute atomic E-state index is 0.137. The number of aryl methyl sites for hydroxylation is 2. The van der Waals surface area contributed by atoms with E-state index in [1.807, 2.05) is 44.2 Å². The fourth-order valence-corrected chi connectivity index (χ4v) is 2.64. The molecule has 0 saturated heterocycles. The monoisotopic (exact) mass is 333 g/mol. The van der Waals surface area contributed by atoms with Gasteiger partial charge in [0.2, 0.25) is 11.7 Å². The van der Waals surface area contributed by atoms with Crippen LogP contribution in [0.4, 0.5) is 5.69 Å². The lowest BCUT2D eigenvalue weighted by molar-refractivity contribution is 0.102. The summed E-state index contributed by atoms with van der Waals surface area (Å²) in [5.74, 6) is 1.58. The van der Waals surface area contributed by atoms with Gasteiger partial charge in [0.25, 0.3) is 5.91 Å². The van der Waals surface area contributed by atoms with Gasteiger partial charge in [0.1, 0.15) is 0 Å². The molecule has 5 heteroatoms. The maximum atomic E-state index is 12.4. The highest BCUT2D eigenvalue weighted by Gasteiger charge is 2.29. The van der Waals surface area contributed by atoms with Crippen molar-refractivity contribution in [3.8, 4) is 11.4 Å². The highest BCUT2D eigenvalue weighted by molar-refractivity contribution is 6.04. The SMILES string of the molecule is Cc1ccc(NC(=O)c2ccc(-c3noc(C4CC4)n3)cc2)cc1C. The van der Waals surface area contributed by atoms with E-state index in [9.17, 15) is 4.79 Å². The smallest absolute Gasteiger partial charge is 0.255 e. The minimum atomic E-state index is -0.137. The van der Waals surface area contributed by atoms with Crippen LogP contribution in [0.1, 0.15) is 46.1 Å². The second kappa shape index (κ2) is 6.16. The minimum Gasteiger partial charge on any atom is -0.339 e. The molecule has 1 saturated carbocycles. The van der Waals surface area contributed by atoms with Gasteiger partial charge in [0.15, 0.2) is 0 Å². The number of rotatable bonds is 4. The molecule has 1 aliphatic carbocycles. The Morgan fingerprint density at radius 2 is 1.84 bits per heavy atom. The first kappa shape index (κ1) is 15.6. The summed E-state index contributed by atoms with van der Waals surface area (Å²) in [5.41, 5.74) is 4.58. The van der Waals surface area contributed by atoms with Gasteiger partial charge in [-0.3, -0.25) is 4.79 Å². The Hall–Kier alpha value is -2.95. The largest absolute Gasteiger partial charge is 0.339 e. The van der Waals surface area contributed by atoms with Crippen molar-refractivity contribution in [1.29, 1.82) is 0 Å². The first-order valence-electron chi connectivity index (χ1n) is 8.43. The van der Waals surface area contributed by atoms with Gasteiger partial charge in [-0.1, -0.05) is 23.4 Å². The lowest BCUT2D eigenvalue weighted by Crippen LogP contribution is -2.11. The Labute approximate surface area is 146 Å². The number of hydrogen-bond acceptors (Lipinski definition) is 4. The Morgan fingerprint density at radius 1 is 1.08 bits per heavy atom. The van der Waals surface area contributed by atoms with Crippen LogP contribution in [0.5, 0.6) is 0 Å². The van der Waals surface area contributed by atoms with E-state index in [0.717, 1.165) is 29.7 Å². The van der Waals surface area contributed by atoms with Crippen LogP contribution in [0.2, 0.25) is 0 Å². The molecule has 0 unspecified atom stereocenters. The molecule has 0 bridgehead atoms. The van der Waals surface area contributed by atoms with Gasteiger partial charge >= 0.3 is 0 Å². The van der Waals surface area contributed by atoms with Crippen molar-refractivity contribution in [2.45, 2.75) is 32.6 Å². The molecule has 1 aliphatic rings. The van der Waals surface area contributed by atoms with Gasteiger partial charge in [-0.15, -0.1) is 0 Å². The number of carbonyl (C=O) groups excluding carboxylic acids is 1. The van der Waals surface area contributed by atoms with Gasteiger partial charge in [-0.2, -0.15) is 4.98 Å². The highest BCUT2D eigenvalue weighted by Crippen LogP contribution is 2.39. The molecule has 2 aromatic carbocycles. The summed E-state index contributed by atoms with van der Waals surface area (Å²) in [4.78, 5) is 16.8. The van der Waals surface area contributed by atoms with E-state index in [1.165, 1.54) is 5.56 Å². The fraction of sp³-hybridized carbons (Fsp3) is 0.250. The van der Waals surface area contributed by atoms with Crippen LogP contribution in [0.3, 0.4) is 0 Å². The topological polar surface area (TPSA) is 68.0 Å². The second-order valence-electron chi connectivity index (χ2n) is 6.56. The van der Waals surface area contributed by atoms with E-state index < -0.39 is 0 Å². The molecule has 0 aliphatic heterocycles. The molecule has 1 N–H and O–H groups in total. The first-order valence-corrected chi connectivity index (χ1v) is 8.43. The summed E-state index contributed by atoms with van der Waals surface area (Å²) >= 11 is 0. The van der Waals surface area contributed by atoms with Crippen molar-refractivity contribution in [1.82, 2.24) is 10.1 Å². The van der Waals surface area contributed by atoms with E-state index in [4.69, 9.17) is 4.52 Å². The normalized spacial score (nSPS) is 13.7. The van der Waals surface area contributed by atoms with Crippen molar-refractivity contribution < 1.29 is 9.32 Å². The third-order valence-corrected chi connectivity index (χ3v) is 4.54. The summed E-state index contributed by atoms with van der Waals surface area (Å²) in [6, 6.07) is 13.1. The van der Waals surface area contributed by atoms with Gasteiger partial charge in [0, 0.05) is 22.7 Å². The van der Waals surface area contributed by atoms with Crippen LogP contribution in [0, 0.1) is 13.8 Å². The Morgan fingerprint density at radius 3 is 2.52 bits per heavy atom. The molecule has 0 atom stereocenters. The number of carbonyl (C=O) groups is 1. The lowest BCUT2D eigenvalue weighted by atomic mass is 10.1. The van der Waals surface area contributed by atoms with E-state index in [1.54, 1.807) is 12.1 Å². The molecule has 5 nitrogen and oxygen atoms in total. The molecule has 1 aromatic heterocycles. The van der Waals surface area contributed by atoms with Crippen LogP contribution in [-0.2, 0) is 0 Å². The molecule has 1 amide bonds. The maximum Gasteiger partial charge on any atom is 0.255 e. The zero-order valence-electron chi connectivity index (χ0n) is 14.2. The van der Waals surface area contributed by atoms with Crippen LogP contribution >= 0.6 is 0 Å². The average Bonchev–Trinajstić information content (AvgIpc) is 3.35. The van der Waals surface area contributed by atoms with Crippen molar-refractivity contribution in [2.75, 3.05) is 5.32 Å². The van der Waals surface area contributed by atoms with Gasteiger partial charge in [-0.25, -0.2) is 0 Å². The summed E-state index contributed by atoms with van der Waals surface area (Å²) in [5, 5.41) is 6.95. The van der Waals surface area contributed by atoms with Crippen LogP contribution in [-0.4, -0.2) is 16.0 Å². The number of nitrogens with zero attached hydrogens (tertiary/aromatic N) is 2. The predicted octanol–water partition coefficient (Wildman–Crippen LogP) is 4.48. The number of hydrogen-bond donors (Lipinski definition) is 1. The van der Waals surface area contributed by atoms with Gasteiger partial charge in [0.05, 0.1) is 0 Å². The highest BCUT2D eigenvalue weighted by atomic mass is 16.5. The fourth-order valence-electron chi connectivity index (χ4n) is 2.64. The first-order chi connectivity index (χ1) is 12.1. The molecule has 126 valence electrons. The number of anilines is 1. The Balaban J connectivity index is 1.48. The van der Waals surface area contributed by atoms with Crippen molar-refractivity contribution in [2.24, 2.45) is 0 Å². The van der Waals surface area contributed by atoms with Gasteiger partial charge < -0.3 is 9.84 Å². The summed E-state index contributed by atoms with van der Waals surface area (Å²) in [6.45, 7) is 4.08. The summed E-state index contributed by atoms with van der Waals surface area (Å²) in [6.07, 6.45) is 2.25. The molecule has 1 fully saturated rings. The van der Waals surface area contributed by atoms with E-state index in [2.05, 4.69) is 15.5 Å². The average molecular weight is 333 g/mol. The molecule has 1 heterocycles. The molecule has 4 rings (SSSR count). The van der Waals surface area contributed by atoms with Gasteiger partial charge in [-0.05, 0) is 62.1 Å². The summed E-state index contributed by atoms with van der Waals surface area (Å²) < 4.78 is 5.28. The predicted molar refractivity (Wildman–Crippen MR) is 95.6 cm³/mol. The zero-order chi connectivity index (χ0) is 17.4. The second-order valence-corrected chi connectivity index (χ2v) is 6.56. The maximum absolute atomic E-state index is 12.4. The Kier molecular flexibility index (Phi) is 3.84. The Bertz CT molecular complexity index is 924. The van der Waals surface area contributed by atoms with Crippen molar-refractivity contribution >= 4 is 11.6 Å². The molecule has 0 spiro atoms. The number of benzene rings is 2. The number of amides is 1. The lowest BCUT2D eigenvalue weighted by Gasteiger charge is -2.08. The van der Waals surface area contributed by atoms with Crippen LogP contribution < -0.4 is 5.32 Å². The number of aromatic nitrogens is 2. The molecule has 25 heavy (non-hydrogen) atoms. The quantitative estimate of drug-likeness (QED) is 0.764. The third-order valence-electron chi connectivity index (χ3n) is 4.54. The number of nitrogens with one attached hydrogen (secondary N) is 1. The summed E-state index contributed by atoms with van der Waals surface area (Å²) in [7, 11) is 0. The standard InChI is InChI=1S/C20H19N3O2/c1-12-3-10-17(11-13(12)2)21-19(24)15-6-4-14(5-7-15)18-22-20(25-23-18)16-8-9-16/h3-7,10-11,16H,8-9H2,1-2H3,(H,21,24). The van der Waals surface area contributed by atoms with Crippen LogP contribution in [0.25, 0.3) is 11.4 Å². The molecular formula is C20H19N3O2. The van der Waals surface area contributed by atoms with Crippen molar-refractivity contribution in [3.63, 3.8) is 0 Å². The van der Waals surface area contributed by atoms with E-state index >= 15 is 0 Å². The van der Waals surface area contributed by atoms with E-state index in [-0.39, 0.29) is 5.91 Å². The zero-order valence-corrected chi connectivity index (χ0v) is 14.2. The van der Waals surface area contributed by atoms with E-state index in [0.29, 0.717) is 23.2 Å². The third kappa shape index (κ3) is 3.31.